The minimum atomic E-state index is 0.503. The lowest BCUT2D eigenvalue weighted by Gasteiger charge is -2.34. The average Bonchev–Trinajstić information content (AvgIpc) is 2.34. The van der Waals surface area contributed by atoms with Gasteiger partial charge in [-0.25, -0.2) is 0 Å². The van der Waals surface area contributed by atoms with E-state index in [2.05, 4.69) is 19.2 Å². The lowest BCUT2D eigenvalue weighted by Crippen LogP contribution is -2.29. The topological polar surface area (TPSA) is 30.5 Å². The van der Waals surface area contributed by atoms with Crippen LogP contribution >= 0.6 is 0 Å². The molecular formula is C15H31NO2. The fourth-order valence-corrected chi connectivity index (χ4v) is 2.41. The van der Waals surface area contributed by atoms with Gasteiger partial charge in [0.15, 0.2) is 0 Å². The second kappa shape index (κ2) is 8.89. The smallest absolute Gasteiger partial charge is 0.0594 e. The summed E-state index contributed by atoms with van der Waals surface area (Å²) in [4.78, 5) is 0. The number of hydrogen-bond donors (Lipinski definition) is 1. The molecule has 0 aliphatic heterocycles. The Balaban J connectivity index is 1.87. The van der Waals surface area contributed by atoms with E-state index in [0.717, 1.165) is 39.3 Å². The molecule has 0 aromatic rings. The van der Waals surface area contributed by atoms with Gasteiger partial charge < -0.3 is 14.8 Å². The van der Waals surface area contributed by atoms with Gasteiger partial charge in [0.05, 0.1) is 12.7 Å². The highest BCUT2D eigenvalue weighted by molar-refractivity contribution is 4.78. The number of ether oxygens (including phenoxy) is 2. The number of nitrogens with one attached hydrogen (secondary N) is 1. The summed E-state index contributed by atoms with van der Waals surface area (Å²) in [7, 11) is 0. The Bertz CT molecular complexity index is 197. The minimum absolute atomic E-state index is 0.503. The van der Waals surface area contributed by atoms with Gasteiger partial charge in [-0.1, -0.05) is 13.8 Å². The third-order valence-corrected chi connectivity index (χ3v) is 3.76. The first kappa shape index (κ1) is 15.9. The quantitative estimate of drug-likeness (QED) is 0.644. The molecular weight excluding hydrogens is 226 g/mol. The molecule has 0 aromatic heterocycles. The van der Waals surface area contributed by atoms with Crippen LogP contribution < -0.4 is 5.32 Å². The van der Waals surface area contributed by atoms with Gasteiger partial charge in [-0.15, -0.1) is 0 Å². The summed E-state index contributed by atoms with van der Waals surface area (Å²) in [6.07, 6.45) is 6.67. The van der Waals surface area contributed by atoms with Crippen molar-refractivity contribution in [2.75, 3.05) is 32.9 Å². The van der Waals surface area contributed by atoms with E-state index in [1.807, 2.05) is 6.92 Å². The molecule has 0 aromatic carbocycles. The lowest BCUT2D eigenvalue weighted by molar-refractivity contribution is 0.00592. The molecule has 1 N–H and O–H groups in total. The Hall–Kier alpha value is -0.120. The summed E-state index contributed by atoms with van der Waals surface area (Å²) in [5.41, 5.74) is 0.539. The van der Waals surface area contributed by atoms with Gasteiger partial charge in [-0.05, 0) is 51.0 Å². The molecule has 1 rings (SSSR count). The molecule has 108 valence electrons. The molecule has 0 radical (unpaired) electrons. The van der Waals surface area contributed by atoms with Gasteiger partial charge in [0.2, 0.25) is 0 Å². The van der Waals surface area contributed by atoms with Crippen molar-refractivity contribution in [2.24, 2.45) is 5.41 Å². The zero-order valence-electron chi connectivity index (χ0n) is 12.5. The van der Waals surface area contributed by atoms with Gasteiger partial charge in [0.25, 0.3) is 0 Å². The minimum Gasteiger partial charge on any atom is -0.382 e. The molecule has 1 fully saturated rings. The molecule has 0 spiro atoms. The maximum Gasteiger partial charge on any atom is 0.0594 e. The second-order valence-corrected chi connectivity index (χ2v) is 6.03. The fraction of sp³-hybridized carbons (Fsp3) is 1.00. The third kappa shape index (κ3) is 7.34. The van der Waals surface area contributed by atoms with Crippen LogP contribution in [-0.4, -0.2) is 39.0 Å². The average molecular weight is 257 g/mol. The molecule has 0 heterocycles. The zero-order valence-corrected chi connectivity index (χ0v) is 12.5. The first-order chi connectivity index (χ1) is 8.64. The number of rotatable bonds is 9. The van der Waals surface area contributed by atoms with E-state index in [-0.39, 0.29) is 0 Å². The summed E-state index contributed by atoms with van der Waals surface area (Å²) >= 11 is 0. The highest BCUT2D eigenvalue weighted by Crippen LogP contribution is 2.35. The first-order valence-electron chi connectivity index (χ1n) is 7.54. The summed E-state index contributed by atoms with van der Waals surface area (Å²) in [6.45, 7) is 11.3. The van der Waals surface area contributed by atoms with Crippen LogP contribution in [0.5, 0.6) is 0 Å². The standard InChI is InChI=1S/C15H31NO2/c1-4-17-12-5-10-16-11-13-18-14-6-8-15(2,3)9-7-14/h14,16H,4-13H2,1-3H3. The van der Waals surface area contributed by atoms with Crippen molar-refractivity contribution in [1.82, 2.24) is 5.32 Å². The Morgan fingerprint density at radius 1 is 1.11 bits per heavy atom. The van der Waals surface area contributed by atoms with Crippen molar-refractivity contribution in [1.29, 1.82) is 0 Å². The van der Waals surface area contributed by atoms with E-state index >= 15 is 0 Å². The summed E-state index contributed by atoms with van der Waals surface area (Å²) in [5, 5.41) is 3.40. The van der Waals surface area contributed by atoms with Gasteiger partial charge >= 0.3 is 0 Å². The Morgan fingerprint density at radius 2 is 1.83 bits per heavy atom. The van der Waals surface area contributed by atoms with E-state index in [9.17, 15) is 0 Å². The van der Waals surface area contributed by atoms with Crippen LogP contribution in [-0.2, 0) is 9.47 Å². The zero-order chi connectivity index (χ0) is 13.3. The molecule has 1 aliphatic carbocycles. The van der Waals surface area contributed by atoms with Crippen LogP contribution in [0.15, 0.2) is 0 Å². The molecule has 0 atom stereocenters. The Morgan fingerprint density at radius 3 is 2.50 bits per heavy atom. The van der Waals surface area contributed by atoms with E-state index in [0.29, 0.717) is 11.5 Å². The maximum absolute atomic E-state index is 5.91. The lowest BCUT2D eigenvalue weighted by atomic mass is 9.76. The van der Waals surface area contributed by atoms with Crippen LogP contribution in [0.25, 0.3) is 0 Å². The summed E-state index contributed by atoms with van der Waals surface area (Å²) in [5.74, 6) is 0. The Kier molecular flexibility index (Phi) is 7.87. The van der Waals surface area contributed by atoms with Crippen LogP contribution in [0, 0.1) is 5.41 Å². The highest BCUT2D eigenvalue weighted by Gasteiger charge is 2.26. The molecule has 18 heavy (non-hydrogen) atoms. The largest absolute Gasteiger partial charge is 0.382 e. The normalized spacial score (nSPS) is 20.2. The predicted octanol–water partition coefficient (Wildman–Crippen LogP) is 2.99. The van der Waals surface area contributed by atoms with E-state index in [1.54, 1.807) is 0 Å². The van der Waals surface area contributed by atoms with E-state index < -0.39 is 0 Å². The fourth-order valence-electron chi connectivity index (χ4n) is 2.41. The van der Waals surface area contributed by atoms with Crippen molar-refractivity contribution < 1.29 is 9.47 Å². The second-order valence-electron chi connectivity index (χ2n) is 6.03. The van der Waals surface area contributed by atoms with Crippen molar-refractivity contribution in [3.05, 3.63) is 0 Å². The van der Waals surface area contributed by atoms with Crippen LogP contribution in [0.2, 0.25) is 0 Å². The van der Waals surface area contributed by atoms with Gasteiger partial charge in [0.1, 0.15) is 0 Å². The van der Waals surface area contributed by atoms with Crippen LogP contribution in [0.3, 0.4) is 0 Å². The first-order valence-corrected chi connectivity index (χ1v) is 7.54. The highest BCUT2D eigenvalue weighted by atomic mass is 16.5. The van der Waals surface area contributed by atoms with E-state index in [4.69, 9.17) is 9.47 Å². The molecule has 0 unspecified atom stereocenters. The monoisotopic (exact) mass is 257 g/mol. The van der Waals surface area contributed by atoms with Gasteiger partial charge in [-0.3, -0.25) is 0 Å². The summed E-state index contributed by atoms with van der Waals surface area (Å²) in [6, 6.07) is 0. The molecule has 0 amide bonds. The van der Waals surface area contributed by atoms with Crippen LogP contribution in [0.1, 0.15) is 52.9 Å². The predicted molar refractivity (Wildman–Crippen MR) is 76.0 cm³/mol. The molecule has 0 bridgehead atoms. The van der Waals surface area contributed by atoms with Gasteiger partial charge in [0, 0.05) is 19.8 Å². The Labute approximate surface area is 113 Å². The molecule has 3 nitrogen and oxygen atoms in total. The van der Waals surface area contributed by atoms with Crippen molar-refractivity contribution in [2.45, 2.75) is 59.0 Å². The SMILES string of the molecule is CCOCCCNCCOC1CCC(C)(C)CC1. The van der Waals surface area contributed by atoms with E-state index in [1.165, 1.54) is 25.7 Å². The van der Waals surface area contributed by atoms with Crippen LogP contribution in [0.4, 0.5) is 0 Å². The van der Waals surface area contributed by atoms with Crippen molar-refractivity contribution >= 4 is 0 Å². The van der Waals surface area contributed by atoms with Crippen molar-refractivity contribution in [3.8, 4) is 0 Å². The maximum atomic E-state index is 5.91. The third-order valence-electron chi connectivity index (χ3n) is 3.76. The number of hydrogen-bond acceptors (Lipinski definition) is 3. The molecule has 1 saturated carbocycles. The molecule has 3 heteroatoms. The summed E-state index contributed by atoms with van der Waals surface area (Å²) < 4.78 is 11.2. The molecule has 1 aliphatic rings. The van der Waals surface area contributed by atoms with Crippen molar-refractivity contribution in [3.63, 3.8) is 0 Å². The van der Waals surface area contributed by atoms with Gasteiger partial charge in [-0.2, -0.15) is 0 Å². The molecule has 0 saturated heterocycles.